The molecule has 0 fully saturated rings. The second kappa shape index (κ2) is 8.59. The molecule has 8 heteroatoms. The normalized spacial score (nSPS) is 11.3. The molecule has 1 aromatic carbocycles. The van der Waals surface area contributed by atoms with Crippen molar-refractivity contribution in [1.82, 2.24) is 14.6 Å². The van der Waals surface area contributed by atoms with Gasteiger partial charge in [0.2, 0.25) is 10.0 Å². The maximum Gasteiger partial charge on any atom is 0.251 e. The Hall–Kier alpha value is -2.45. The van der Waals surface area contributed by atoms with Gasteiger partial charge in [0.25, 0.3) is 5.91 Å². The summed E-state index contributed by atoms with van der Waals surface area (Å²) in [7, 11) is -1.87. The number of rotatable bonds is 8. The molecule has 0 saturated heterocycles. The van der Waals surface area contributed by atoms with Crippen LogP contribution >= 0.6 is 0 Å². The van der Waals surface area contributed by atoms with Gasteiger partial charge in [-0.15, -0.1) is 0 Å². The molecule has 0 aliphatic rings. The molecule has 0 aliphatic carbocycles. The quantitative estimate of drug-likeness (QED) is 0.763. The van der Waals surface area contributed by atoms with Gasteiger partial charge in [-0.3, -0.25) is 9.78 Å². The third kappa shape index (κ3) is 5.84. The predicted molar refractivity (Wildman–Crippen MR) is 94.8 cm³/mol. The van der Waals surface area contributed by atoms with Crippen LogP contribution in [0.25, 0.3) is 0 Å². The van der Waals surface area contributed by atoms with E-state index in [9.17, 15) is 13.2 Å². The monoisotopic (exact) mass is 363 g/mol. The van der Waals surface area contributed by atoms with E-state index in [0.717, 1.165) is 11.8 Å². The summed E-state index contributed by atoms with van der Waals surface area (Å²) in [5.41, 5.74) is 1.29. The van der Waals surface area contributed by atoms with Crippen molar-refractivity contribution < 1.29 is 17.9 Å². The Balaban J connectivity index is 1.95. The maximum absolute atomic E-state index is 12.2. The molecule has 1 amide bonds. The highest BCUT2D eigenvalue weighted by atomic mass is 32.2. The van der Waals surface area contributed by atoms with Gasteiger partial charge >= 0.3 is 0 Å². The summed E-state index contributed by atoms with van der Waals surface area (Å²) in [6.07, 6.45) is 4.37. The van der Waals surface area contributed by atoms with E-state index in [4.69, 9.17) is 4.74 Å². The van der Waals surface area contributed by atoms with Crippen LogP contribution in [0.15, 0.2) is 48.8 Å². The zero-order valence-electron chi connectivity index (χ0n) is 14.2. The van der Waals surface area contributed by atoms with E-state index in [1.807, 2.05) is 0 Å². The van der Waals surface area contributed by atoms with Crippen molar-refractivity contribution >= 4 is 15.9 Å². The molecule has 0 aliphatic heterocycles. The van der Waals surface area contributed by atoms with Crippen LogP contribution in [0.2, 0.25) is 0 Å². The van der Waals surface area contributed by atoms with Gasteiger partial charge in [-0.1, -0.05) is 6.07 Å². The smallest absolute Gasteiger partial charge is 0.251 e. The van der Waals surface area contributed by atoms with Crippen molar-refractivity contribution in [3.63, 3.8) is 0 Å². The van der Waals surface area contributed by atoms with Crippen molar-refractivity contribution in [3.05, 3.63) is 59.9 Å². The van der Waals surface area contributed by atoms with E-state index < -0.39 is 10.0 Å². The minimum Gasteiger partial charge on any atom is -0.497 e. The number of hydrogen-bond donors (Lipinski definition) is 1. The minimum atomic E-state index is -3.39. The Morgan fingerprint density at radius 2 is 1.96 bits per heavy atom. The van der Waals surface area contributed by atoms with Gasteiger partial charge in [-0.05, 0) is 35.9 Å². The molecule has 0 atom stereocenters. The Kier molecular flexibility index (Phi) is 6.49. The van der Waals surface area contributed by atoms with Crippen LogP contribution in [0.1, 0.15) is 15.9 Å². The van der Waals surface area contributed by atoms with Gasteiger partial charge in [-0.25, -0.2) is 8.42 Å². The molecule has 2 aromatic rings. The molecule has 0 saturated carbocycles. The molecule has 0 unspecified atom stereocenters. The van der Waals surface area contributed by atoms with Gasteiger partial charge in [-0.2, -0.15) is 4.31 Å². The van der Waals surface area contributed by atoms with Gasteiger partial charge in [0.15, 0.2) is 0 Å². The van der Waals surface area contributed by atoms with Crippen LogP contribution < -0.4 is 10.1 Å². The maximum atomic E-state index is 12.2. The number of nitrogens with zero attached hydrogens (tertiary/aromatic N) is 2. The number of benzene rings is 1. The molecule has 0 bridgehead atoms. The van der Waals surface area contributed by atoms with E-state index in [2.05, 4.69) is 10.3 Å². The van der Waals surface area contributed by atoms with Crippen molar-refractivity contribution in [2.24, 2.45) is 0 Å². The summed E-state index contributed by atoms with van der Waals surface area (Å²) < 4.78 is 30.3. The van der Waals surface area contributed by atoms with Crippen molar-refractivity contribution in [2.75, 3.05) is 26.5 Å². The van der Waals surface area contributed by atoms with Crippen LogP contribution in [0.3, 0.4) is 0 Å². The van der Waals surface area contributed by atoms with Crippen molar-refractivity contribution in [2.45, 2.75) is 6.54 Å². The Labute approximate surface area is 147 Å². The molecule has 7 nitrogen and oxygen atoms in total. The lowest BCUT2D eigenvalue weighted by atomic mass is 10.2. The lowest BCUT2D eigenvalue weighted by Crippen LogP contribution is -2.37. The van der Waals surface area contributed by atoms with Crippen molar-refractivity contribution in [3.8, 4) is 5.75 Å². The first-order valence-corrected chi connectivity index (χ1v) is 9.51. The lowest BCUT2D eigenvalue weighted by molar-refractivity contribution is 0.0951. The fourth-order valence-electron chi connectivity index (χ4n) is 2.21. The summed E-state index contributed by atoms with van der Waals surface area (Å²) >= 11 is 0. The fourth-order valence-corrected chi connectivity index (χ4v) is 3.02. The lowest BCUT2D eigenvalue weighted by Gasteiger charge is -2.20. The Morgan fingerprint density at radius 3 is 2.60 bits per heavy atom. The van der Waals surface area contributed by atoms with Crippen LogP contribution in [0.5, 0.6) is 5.75 Å². The van der Waals surface area contributed by atoms with E-state index in [1.165, 1.54) is 11.4 Å². The van der Waals surface area contributed by atoms with Gasteiger partial charge in [0, 0.05) is 37.6 Å². The van der Waals surface area contributed by atoms with E-state index >= 15 is 0 Å². The Bertz CT molecular complexity index is 810. The number of sulfonamides is 1. The van der Waals surface area contributed by atoms with Gasteiger partial charge in [0.1, 0.15) is 5.75 Å². The summed E-state index contributed by atoms with van der Waals surface area (Å²) in [4.78, 5) is 16.1. The molecule has 0 spiro atoms. The minimum absolute atomic E-state index is 0.177. The number of ether oxygens (including phenoxy) is 1. The second-order valence-corrected chi connectivity index (χ2v) is 7.42. The molecule has 1 heterocycles. The third-order valence-electron chi connectivity index (χ3n) is 3.56. The number of methoxy groups -OCH3 is 1. The number of hydrogen-bond acceptors (Lipinski definition) is 5. The highest BCUT2D eigenvalue weighted by Crippen LogP contribution is 2.12. The van der Waals surface area contributed by atoms with E-state index in [-0.39, 0.29) is 25.5 Å². The SMILES string of the molecule is COc1cccc(C(=O)NCCN(Cc2ccncc2)S(C)(=O)=O)c1. The zero-order chi connectivity index (χ0) is 18.3. The molecule has 1 aromatic heterocycles. The second-order valence-electron chi connectivity index (χ2n) is 5.44. The topological polar surface area (TPSA) is 88.6 Å². The summed E-state index contributed by atoms with van der Waals surface area (Å²) in [6, 6.07) is 10.3. The Morgan fingerprint density at radius 1 is 1.24 bits per heavy atom. The van der Waals surface area contributed by atoms with Crippen molar-refractivity contribution in [1.29, 1.82) is 0 Å². The highest BCUT2D eigenvalue weighted by molar-refractivity contribution is 7.88. The number of carbonyl (C=O) groups is 1. The van der Waals surface area contributed by atoms with Crippen LogP contribution in [-0.2, 0) is 16.6 Å². The van der Waals surface area contributed by atoms with E-state index in [1.54, 1.807) is 48.8 Å². The molecule has 1 N–H and O–H groups in total. The number of amides is 1. The summed E-state index contributed by atoms with van der Waals surface area (Å²) in [6.45, 7) is 0.613. The number of aromatic nitrogens is 1. The summed E-state index contributed by atoms with van der Waals surface area (Å²) in [5.74, 6) is 0.305. The molecule has 134 valence electrons. The highest BCUT2D eigenvalue weighted by Gasteiger charge is 2.17. The van der Waals surface area contributed by atoms with Crippen LogP contribution in [0, 0.1) is 0 Å². The standard InChI is InChI=1S/C17H21N3O4S/c1-24-16-5-3-4-15(12-16)17(21)19-10-11-20(25(2,22)23)13-14-6-8-18-9-7-14/h3-9,12H,10-11,13H2,1-2H3,(H,19,21). The van der Waals surface area contributed by atoms with Crippen LogP contribution in [0.4, 0.5) is 0 Å². The summed E-state index contributed by atoms with van der Waals surface area (Å²) in [5, 5.41) is 2.73. The first-order chi connectivity index (χ1) is 11.9. The fraction of sp³-hybridized carbons (Fsp3) is 0.294. The average Bonchev–Trinajstić information content (AvgIpc) is 2.61. The zero-order valence-corrected chi connectivity index (χ0v) is 15.0. The molecular formula is C17H21N3O4S. The molecule has 0 radical (unpaired) electrons. The first kappa shape index (κ1) is 18.9. The third-order valence-corrected chi connectivity index (χ3v) is 4.81. The number of nitrogens with one attached hydrogen (secondary N) is 1. The number of carbonyl (C=O) groups excluding carboxylic acids is 1. The largest absolute Gasteiger partial charge is 0.497 e. The molecule has 2 rings (SSSR count). The van der Waals surface area contributed by atoms with Gasteiger partial charge < -0.3 is 10.1 Å². The van der Waals surface area contributed by atoms with Crippen LogP contribution in [-0.4, -0.2) is 50.1 Å². The van der Waals surface area contributed by atoms with Gasteiger partial charge in [0.05, 0.1) is 13.4 Å². The number of pyridine rings is 1. The molecular weight excluding hydrogens is 342 g/mol. The molecule has 25 heavy (non-hydrogen) atoms. The predicted octanol–water partition coefficient (Wildman–Crippen LogP) is 1.28. The van der Waals surface area contributed by atoms with E-state index in [0.29, 0.717) is 11.3 Å². The average molecular weight is 363 g/mol. The first-order valence-electron chi connectivity index (χ1n) is 7.66.